The summed E-state index contributed by atoms with van der Waals surface area (Å²) in [6.45, 7) is 9.01. The van der Waals surface area contributed by atoms with Gasteiger partial charge >= 0.3 is 0 Å². The van der Waals surface area contributed by atoms with Crippen LogP contribution in [0.25, 0.3) is 0 Å². The Balaban J connectivity index is 2.26. The molecule has 0 radical (unpaired) electrons. The number of nitrogens with zero attached hydrogens (tertiary/aromatic N) is 3. The summed E-state index contributed by atoms with van der Waals surface area (Å²) in [6, 6.07) is 0. The van der Waals surface area contributed by atoms with Gasteiger partial charge in [-0.05, 0) is 31.6 Å². The van der Waals surface area contributed by atoms with Crippen LogP contribution in [0.5, 0.6) is 0 Å². The highest BCUT2D eigenvalue weighted by Crippen LogP contribution is 2.33. The van der Waals surface area contributed by atoms with Crippen LogP contribution in [0.15, 0.2) is 0 Å². The maximum Gasteiger partial charge on any atom is 0.131 e. The third-order valence-electron chi connectivity index (χ3n) is 4.09. The smallest absolute Gasteiger partial charge is 0.131 e. The Morgan fingerprint density at radius 2 is 2.00 bits per heavy atom. The van der Waals surface area contributed by atoms with Crippen molar-refractivity contribution in [2.45, 2.75) is 45.9 Å². The van der Waals surface area contributed by atoms with Crippen LogP contribution in [0.3, 0.4) is 0 Å². The number of halogens is 1. The van der Waals surface area contributed by atoms with Crippen molar-refractivity contribution in [1.82, 2.24) is 9.78 Å². The monoisotopic (exact) mass is 269 g/mol. The molecule has 1 aliphatic heterocycles. The fourth-order valence-electron chi connectivity index (χ4n) is 2.88. The maximum atomic E-state index is 6.09. The highest BCUT2D eigenvalue weighted by molar-refractivity contribution is 6.17. The molecule has 2 rings (SSSR count). The predicted molar refractivity (Wildman–Crippen MR) is 77.3 cm³/mol. The van der Waals surface area contributed by atoms with Gasteiger partial charge in [-0.25, -0.2) is 0 Å². The summed E-state index contributed by atoms with van der Waals surface area (Å²) in [4.78, 5) is 2.46. The zero-order valence-corrected chi connectivity index (χ0v) is 12.7. The normalized spacial score (nSPS) is 19.9. The van der Waals surface area contributed by atoms with E-state index in [-0.39, 0.29) is 0 Å². The first kappa shape index (κ1) is 13.7. The molecule has 1 saturated heterocycles. The van der Waals surface area contributed by atoms with Crippen molar-refractivity contribution in [3.63, 3.8) is 0 Å². The van der Waals surface area contributed by atoms with E-state index in [4.69, 9.17) is 11.6 Å². The molecule has 1 fully saturated rings. The molecule has 102 valence electrons. The van der Waals surface area contributed by atoms with Gasteiger partial charge in [0.2, 0.25) is 0 Å². The van der Waals surface area contributed by atoms with Crippen LogP contribution in [0.1, 0.15) is 44.4 Å². The van der Waals surface area contributed by atoms with Gasteiger partial charge in [0.05, 0.1) is 11.6 Å². The third kappa shape index (κ3) is 2.66. The lowest BCUT2D eigenvalue weighted by Gasteiger charge is -2.25. The van der Waals surface area contributed by atoms with Crippen LogP contribution in [0.4, 0.5) is 5.82 Å². The van der Waals surface area contributed by atoms with Crippen molar-refractivity contribution in [3.05, 3.63) is 11.3 Å². The average molecular weight is 270 g/mol. The van der Waals surface area contributed by atoms with E-state index in [0.717, 1.165) is 18.8 Å². The SMILES string of the molecule is Cc1nn(C)c(N2CCCC(C)(C)CC2)c1CCl. The molecule has 1 aromatic heterocycles. The molecule has 0 unspecified atom stereocenters. The Morgan fingerprint density at radius 1 is 1.28 bits per heavy atom. The van der Waals surface area contributed by atoms with Gasteiger partial charge in [0.15, 0.2) is 0 Å². The number of alkyl halides is 1. The minimum Gasteiger partial charge on any atom is -0.357 e. The number of hydrogen-bond acceptors (Lipinski definition) is 2. The molecule has 0 aromatic carbocycles. The largest absolute Gasteiger partial charge is 0.357 e. The maximum absolute atomic E-state index is 6.09. The van der Waals surface area contributed by atoms with Crippen molar-refractivity contribution < 1.29 is 0 Å². The summed E-state index contributed by atoms with van der Waals surface area (Å²) in [5, 5.41) is 4.51. The van der Waals surface area contributed by atoms with E-state index in [1.54, 1.807) is 0 Å². The summed E-state index contributed by atoms with van der Waals surface area (Å²) in [5.41, 5.74) is 2.72. The molecule has 0 bridgehead atoms. The predicted octanol–water partition coefficient (Wildman–Crippen LogP) is 3.48. The first-order valence-corrected chi connectivity index (χ1v) is 7.31. The second-order valence-electron chi connectivity index (χ2n) is 6.15. The van der Waals surface area contributed by atoms with Crippen LogP contribution in [0, 0.1) is 12.3 Å². The van der Waals surface area contributed by atoms with E-state index in [9.17, 15) is 0 Å². The number of aryl methyl sites for hydroxylation is 2. The van der Waals surface area contributed by atoms with Crippen LogP contribution in [0.2, 0.25) is 0 Å². The summed E-state index contributed by atoms with van der Waals surface area (Å²) in [7, 11) is 2.02. The Labute approximate surface area is 115 Å². The number of anilines is 1. The Kier molecular flexibility index (Phi) is 3.90. The first-order valence-electron chi connectivity index (χ1n) is 6.78. The van der Waals surface area contributed by atoms with Crippen LogP contribution < -0.4 is 4.90 Å². The van der Waals surface area contributed by atoms with Crippen molar-refractivity contribution in [1.29, 1.82) is 0 Å². The van der Waals surface area contributed by atoms with Gasteiger partial charge in [-0.2, -0.15) is 5.10 Å². The molecule has 1 aromatic rings. The summed E-state index contributed by atoms with van der Waals surface area (Å²) in [5.74, 6) is 1.77. The van der Waals surface area contributed by atoms with E-state index in [2.05, 4.69) is 23.8 Å². The molecule has 0 spiro atoms. The standard InChI is InChI=1S/C14H24ClN3/c1-11-12(10-15)13(17(4)16-11)18-8-5-6-14(2,3)7-9-18/h5-10H2,1-4H3. The molecule has 0 saturated carbocycles. The molecule has 0 atom stereocenters. The van der Waals surface area contributed by atoms with Crippen molar-refractivity contribution in [3.8, 4) is 0 Å². The molecule has 3 nitrogen and oxygen atoms in total. The topological polar surface area (TPSA) is 21.1 Å². The Morgan fingerprint density at radius 3 is 2.67 bits per heavy atom. The Bertz CT molecular complexity index is 423. The third-order valence-corrected chi connectivity index (χ3v) is 4.35. The fraction of sp³-hybridized carbons (Fsp3) is 0.786. The minimum atomic E-state index is 0.462. The van der Waals surface area contributed by atoms with Gasteiger partial charge in [0, 0.05) is 25.7 Å². The Hall–Kier alpha value is -0.700. The minimum absolute atomic E-state index is 0.462. The molecule has 0 aliphatic carbocycles. The number of rotatable bonds is 2. The van der Waals surface area contributed by atoms with Gasteiger partial charge < -0.3 is 4.90 Å². The summed E-state index contributed by atoms with van der Waals surface area (Å²) < 4.78 is 1.99. The van der Waals surface area contributed by atoms with E-state index in [1.807, 2.05) is 18.7 Å². The second-order valence-corrected chi connectivity index (χ2v) is 6.42. The zero-order chi connectivity index (χ0) is 13.3. The average Bonchev–Trinajstić information content (AvgIpc) is 2.45. The van der Waals surface area contributed by atoms with Gasteiger partial charge in [-0.1, -0.05) is 13.8 Å². The lowest BCUT2D eigenvalue weighted by molar-refractivity contribution is 0.325. The summed E-state index contributed by atoms with van der Waals surface area (Å²) >= 11 is 6.09. The molecular weight excluding hydrogens is 246 g/mol. The fourth-order valence-corrected chi connectivity index (χ4v) is 3.19. The lowest BCUT2D eigenvalue weighted by atomic mass is 9.85. The summed E-state index contributed by atoms with van der Waals surface area (Å²) in [6.07, 6.45) is 3.79. The van der Waals surface area contributed by atoms with E-state index in [1.165, 1.54) is 30.6 Å². The zero-order valence-electron chi connectivity index (χ0n) is 12.0. The van der Waals surface area contributed by atoms with Gasteiger partial charge in [-0.3, -0.25) is 4.68 Å². The molecule has 4 heteroatoms. The molecule has 2 heterocycles. The van der Waals surface area contributed by atoms with Gasteiger partial charge in [-0.15, -0.1) is 11.6 Å². The van der Waals surface area contributed by atoms with Crippen molar-refractivity contribution >= 4 is 17.4 Å². The van der Waals surface area contributed by atoms with E-state index in [0.29, 0.717) is 11.3 Å². The first-order chi connectivity index (χ1) is 8.44. The highest BCUT2D eigenvalue weighted by Gasteiger charge is 2.26. The van der Waals surface area contributed by atoms with Gasteiger partial charge in [0.25, 0.3) is 0 Å². The van der Waals surface area contributed by atoms with Crippen molar-refractivity contribution in [2.75, 3.05) is 18.0 Å². The lowest BCUT2D eigenvalue weighted by Crippen LogP contribution is -2.28. The number of hydrogen-bond donors (Lipinski definition) is 0. The molecule has 1 aliphatic rings. The van der Waals surface area contributed by atoms with Gasteiger partial charge in [0.1, 0.15) is 5.82 Å². The van der Waals surface area contributed by atoms with Crippen LogP contribution in [-0.2, 0) is 12.9 Å². The molecule has 18 heavy (non-hydrogen) atoms. The molecule has 0 amide bonds. The van der Waals surface area contributed by atoms with Crippen molar-refractivity contribution in [2.24, 2.45) is 12.5 Å². The second kappa shape index (κ2) is 5.12. The quantitative estimate of drug-likeness (QED) is 0.767. The van der Waals surface area contributed by atoms with Crippen LogP contribution >= 0.6 is 11.6 Å². The van der Waals surface area contributed by atoms with Crippen LogP contribution in [-0.4, -0.2) is 22.9 Å². The van der Waals surface area contributed by atoms with E-state index < -0.39 is 0 Å². The number of aromatic nitrogens is 2. The molecule has 0 N–H and O–H groups in total. The molecular formula is C14H24ClN3. The van der Waals surface area contributed by atoms with E-state index >= 15 is 0 Å². The highest BCUT2D eigenvalue weighted by atomic mass is 35.5.